The van der Waals surface area contributed by atoms with Crippen LogP contribution in [0.25, 0.3) is 0 Å². The van der Waals surface area contributed by atoms with E-state index in [1.807, 2.05) is 18.3 Å². The first-order valence-corrected chi connectivity index (χ1v) is 7.13. The van der Waals surface area contributed by atoms with Gasteiger partial charge < -0.3 is 5.32 Å². The number of halogens is 2. The van der Waals surface area contributed by atoms with Crippen LogP contribution in [0.15, 0.2) is 42.7 Å². The highest BCUT2D eigenvalue weighted by molar-refractivity contribution is 6.31. The average Bonchev–Trinajstić information content (AvgIpc) is 2.44. The molecule has 0 aliphatic carbocycles. The topological polar surface area (TPSA) is 24.9 Å². The summed E-state index contributed by atoms with van der Waals surface area (Å²) in [6.07, 6.45) is 5.15. The van der Waals surface area contributed by atoms with Gasteiger partial charge in [0.1, 0.15) is 5.82 Å². The van der Waals surface area contributed by atoms with E-state index >= 15 is 0 Å². The van der Waals surface area contributed by atoms with E-state index in [4.69, 9.17) is 11.6 Å². The summed E-state index contributed by atoms with van der Waals surface area (Å²) in [4.78, 5) is 4.12. The van der Waals surface area contributed by atoms with Crippen molar-refractivity contribution in [2.75, 3.05) is 6.54 Å². The number of nitrogens with zero attached hydrogens (tertiary/aromatic N) is 1. The summed E-state index contributed by atoms with van der Waals surface area (Å²) in [6.45, 7) is 2.92. The van der Waals surface area contributed by atoms with Crippen LogP contribution in [0.4, 0.5) is 4.39 Å². The van der Waals surface area contributed by atoms with Crippen LogP contribution in [0.5, 0.6) is 0 Å². The van der Waals surface area contributed by atoms with Crippen molar-refractivity contribution in [1.29, 1.82) is 0 Å². The summed E-state index contributed by atoms with van der Waals surface area (Å²) in [5.41, 5.74) is 1.99. The Morgan fingerprint density at radius 2 is 2.15 bits per heavy atom. The Morgan fingerprint density at radius 1 is 1.30 bits per heavy atom. The first-order chi connectivity index (χ1) is 9.69. The smallest absolute Gasteiger partial charge is 0.123 e. The predicted octanol–water partition coefficient (Wildman–Crippen LogP) is 3.64. The lowest BCUT2D eigenvalue weighted by molar-refractivity contribution is 0.519. The zero-order chi connectivity index (χ0) is 14.4. The number of hydrogen-bond donors (Lipinski definition) is 1. The highest BCUT2D eigenvalue weighted by Crippen LogP contribution is 2.19. The summed E-state index contributed by atoms with van der Waals surface area (Å²) in [7, 11) is 0. The van der Waals surface area contributed by atoms with Gasteiger partial charge in [-0.1, -0.05) is 24.6 Å². The van der Waals surface area contributed by atoms with Crippen LogP contribution in [0.3, 0.4) is 0 Å². The molecule has 0 bridgehead atoms. The summed E-state index contributed by atoms with van der Waals surface area (Å²) in [6, 6.07) is 8.69. The number of hydrogen-bond acceptors (Lipinski definition) is 2. The number of rotatable bonds is 6. The van der Waals surface area contributed by atoms with Crippen LogP contribution in [0.2, 0.25) is 5.02 Å². The molecule has 1 unspecified atom stereocenters. The molecule has 2 rings (SSSR count). The first-order valence-electron chi connectivity index (χ1n) is 6.75. The SMILES string of the molecule is CCNC(Cc1cccnc1)Cc1cc(F)ccc1Cl. The summed E-state index contributed by atoms with van der Waals surface area (Å²) in [5.74, 6) is -0.249. The molecule has 0 fully saturated rings. The molecular weight excluding hydrogens is 275 g/mol. The second kappa shape index (κ2) is 7.36. The molecule has 0 spiro atoms. The van der Waals surface area contributed by atoms with Crippen molar-refractivity contribution >= 4 is 11.6 Å². The van der Waals surface area contributed by atoms with Crippen LogP contribution in [-0.2, 0) is 12.8 Å². The van der Waals surface area contributed by atoms with Crippen molar-refractivity contribution in [2.24, 2.45) is 0 Å². The Kier molecular flexibility index (Phi) is 5.50. The van der Waals surface area contributed by atoms with Gasteiger partial charge in [-0.15, -0.1) is 0 Å². The molecule has 1 heterocycles. The van der Waals surface area contributed by atoms with Gasteiger partial charge in [0.15, 0.2) is 0 Å². The summed E-state index contributed by atoms with van der Waals surface area (Å²) >= 11 is 6.14. The molecule has 0 saturated carbocycles. The highest BCUT2D eigenvalue weighted by Gasteiger charge is 2.12. The molecule has 0 aliphatic rings. The molecule has 4 heteroatoms. The van der Waals surface area contributed by atoms with Gasteiger partial charge in [-0.3, -0.25) is 4.98 Å². The lowest BCUT2D eigenvalue weighted by Crippen LogP contribution is -2.33. The molecule has 1 atom stereocenters. The molecule has 106 valence electrons. The fourth-order valence-electron chi connectivity index (χ4n) is 2.27. The normalized spacial score (nSPS) is 12.3. The third-order valence-corrected chi connectivity index (χ3v) is 3.54. The lowest BCUT2D eigenvalue weighted by Gasteiger charge is -2.18. The van der Waals surface area contributed by atoms with E-state index in [1.54, 1.807) is 12.3 Å². The fraction of sp³-hybridized carbons (Fsp3) is 0.312. The van der Waals surface area contributed by atoms with Gasteiger partial charge in [0, 0.05) is 23.5 Å². The number of pyridine rings is 1. The number of benzene rings is 1. The van der Waals surface area contributed by atoms with E-state index < -0.39 is 0 Å². The van der Waals surface area contributed by atoms with Crippen molar-refractivity contribution in [3.05, 3.63) is 64.7 Å². The number of likely N-dealkylation sites (N-methyl/N-ethyl adjacent to an activating group) is 1. The molecular formula is C16H18ClFN2. The van der Waals surface area contributed by atoms with Gasteiger partial charge >= 0.3 is 0 Å². The minimum Gasteiger partial charge on any atom is -0.314 e. The van der Waals surface area contributed by atoms with E-state index in [-0.39, 0.29) is 11.9 Å². The summed E-state index contributed by atoms with van der Waals surface area (Å²) < 4.78 is 13.3. The van der Waals surface area contributed by atoms with Crippen molar-refractivity contribution in [1.82, 2.24) is 10.3 Å². The Bertz CT molecular complexity index is 545. The van der Waals surface area contributed by atoms with Gasteiger partial charge in [-0.2, -0.15) is 0 Å². The second-order valence-corrected chi connectivity index (χ2v) is 5.17. The summed E-state index contributed by atoms with van der Waals surface area (Å²) in [5, 5.41) is 4.03. The van der Waals surface area contributed by atoms with Gasteiger partial charge in [0.05, 0.1) is 0 Å². The Balaban J connectivity index is 2.11. The monoisotopic (exact) mass is 292 g/mol. The maximum Gasteiger partial charge on any atom is 0.123 e. The molecule has 2 aromatic rings. The van der Waals surface area contributed by atoms with Gasteiger partial charge in [0.2, 0.25) is 0 Å². The number of aromatic nitrogens is 1. The molecule has 0 aliphatic heterocycles. The van der Waals surface area contributed by atoms with E-state index in [1.165, 1.54) is 12.1 Å². The molecule has 1 aromatic carbocycles. The minimum absolute atomic E-state index is 0.212. The Morgan fingerprint density at radius 3 is 2.85 bits per heavy atom. The zero-order valence-electron chi connectivity index (χ0n) is 11.4. The second-order valence-electron chi connectivity index (χ2n) is 4.76. The van der Waals surface area contributed by atoms with Crippen molar-refractivity contribution < 1.29 is 4.39 Å². The van der Waals surface area contributed by atoms with Crippen molar-refractivity contribution in [2.45, 2.75) is 25.8 Å². The third kappa shape index (κ3) is 4.29. The molecule has 0 radical (unpaired) electrons. The predicted molar refractivity (Wildman–Crippen MR) is 80.5 cm³/mol. The third-order valence-electron chi connectivity index (χ3n) is 3.17. The van der Waals surface area contributed by atoms with Gasteiger partial charge in [-0.05, 0) is 54.8 Å². The fourth-order valence-corrected chi connectivity index (χ4v) is 2.47. The van der Waals surface area contributed by atoms with Crippen molar-refractivity contribution in [3.63, 3.8) is 0 Å². The Labute approximate surface area is 124 Å². The maximum absolute atomic E-state index is 13.3. The van der Waals surface area contributed by atoms with Crippen molar-refractivity contribution in [3.8, 4) is 0 Å². The van der Waals surface area contributed by atoms with E-state index in [0.717, 1.165) is 24.1 Å². The molecule has 1 N–H and O–H groups in total. The quantitative estimate of drug-likeness (QED) is 0.879. The molecule has 0 amide bonds. The number of nitrogens with one attached hydrogen (secondary N) is 1. The van der Waals surface area contributed by atoms with Crippen LogP contribution >= 0.6 is 11.6 Å². The van der Waals surface area contributed by atoms with E-state index in [0.29, 0.717) is 11.4 Å². The lowest BCUT2D eigenvalue weighted by atomic mass is 9.99. The van der Waals surface area contributed by atoms with E-state index in [9.17, 15) is 4.39 Å². The van der Waals surface area contributed by atoms with Crippen LogP contribution < -0.4 is 5.32 Å². The zero-order valence-corrected chi connectivity index (χ0v) is 12.2. The van der Waals surface area contributed by atoms with Crippen LogP contribution in [-0.4, -0.2) is 17.6 Å². The molecule has 0 saturated heterocycles. The van der Waals surface area contributed by atoms with Crippen LogP contribution in [0, 0.1) is 5.82 Å². The standard InChI is InChI=1S/C16H18ClFN2/c1-2-20-15(8-12-4-3-7-19-11-12)10-13-9-14(18)5-6-16(13)17/h3-7,9,11,15,20H,2,8,10H2,1H3. The average molecular weight is 293 g/mol. The largest absolute Gasteiger partial charge is 0.314 e. The molecule has 1 aromatic heterocycles. The highest BCUT2D eigenvalue weighted by atomic mass is 35.5. The van der Waals surface area contributed by atoms with E-state index in [2.05, 4.69) is 17.2 Å². The first kappa shape index (κ1) is 14.9. The molecule has 2 nitrogen and oxygen atoms in total. The van der Waals surface area contributed by atoms with Gasteiger partial charge in [0.25, 0.3) is 0 Å². The van der Waals surface area contributed by atoms with Crippen LogP contribution in [0.1, 0.15) is 18.1 Å². The molecule has 20 heavy (non-hydrogen) atoms. The Hall–Kier alpha value is -1.45. The van der Waals surface area contributed by atoms with Gasteiger partial charge in [-0.25, -0.2) is 4.39 Å². The minimum atomic E-state index is -0.249. The maximum atomic E-state index is 13.3.